The van der Waals surface area contributed by atoms with Crippen LogP contribution in [0.5, 0.6) is 0 Å². The normalized spacial score (nSPS) is 18.2. The number of aryl methyl sites for hydroxylation is 1. The monoisotopic (exact) mass is 368 g/mol. The van der Waals surface area contributed by atoms with Gasteiger partial charge in [-0.2, -0.15) is 0 Å². The zero-order chi connectivity index (χ0) is 19.3. The van der Waals surface area contributed by atoms with Crippen molar-refractivity contribution in [2.75, 3.05) is 11.4 Å². The molecule has 0 aliphatic carbocycles. The summed E-state index contributed by atoms with van der Waals surface area (Å²) >= 11 is 0. The molecule has 2 amide bonds. The molecule has 3 aromatic rings. The van der Waals surface area contributed by atoms with Gasteiger partial charge < -0.3 is 4.90 Å². The maximum Gasteiger partial charge on any atom is 0.263 e. The summed E-state index contributed by atoms with van der Waals surface area (Å²) in [5.74, 6) is -0.446. The lowest BCUT2D eigenvalue weighted by atomic mass is 9.95. The molecule has 0 fully saturated rings. The van der Waals surface area contributed by atoms with Crippen molar-refractivity contribution >= 4 is 17.5 Å². The quantitative estimate of drug-likeness (QED) is 0.632. The van der Waals surface area contributed by atoms with E-state index in [0.717, 1.165) is 24.2 Å². The lowest BCUT2D eigenvalue weighted by Gasteiger charge is -2.42. The first kappa shape index (κ1) is 16.8. The summed E-state index contributed by atoms with van der Waals surface area (Å²) in [5.41, 5.74) is 5.37. The molecule has 28 heavy (non-hydrogen) atoms. The van der Waals surface area contributed by atoms with Crippen molar-refractivity contribution in [3.63, 3.8) is 0 Å². The van der Waals surface area contributed by atoms with Crippen molar-refractivity contribution < 1.29 is 9.59 Å². The molecule has 0 N–H and O–H groups in total. The number of fused-ring (bicyclic) bond motifs is 2. The van der Waals surface area contributed by atoms with Gasteiger partial charge in [-0.1, -0.05) is 54.1 Å². The van der Waals surface area contributed by atoms with Gasteiger partial charge in [-0.25, -0.2) is 4.90 Å². The second kappa shape index (κ2) is 6.34. The molecule has 4 nitrogen and oxygen atoms in total. The number of hydrogen-bond donors (Lipinski definition) is 0. The zero-order valence-electron chi connectivity index (χ0n) is 15.6. The first-order chi connectivity index (χ1) is 13.6. The van der Waals surface area contributed by atoms with Crippen LogP contribution in [-0.2, 0) is 6.42 Å². The second-order valence-electron chi connectivity index (χ2n) is 7.38. The molecule has 0 radical (unpaired) electrons. The standard InChI is InChI=1S/C24H20N2O2/c1-16-10-12-18(13-11-16)25-15-14-17-6-2-3-7-19(17)22(25)26-23(27)20-8-4-5-9-21(20)24(26)28/h2-13,22H,14-15H2,1H3. The van der Waals surface area contributed by atoms with Gasteiger partial charge in [0.1, 0.15) is 6.17 Å². The molecule has 1 unspecified atom stereocenters. The molecule has 2 aliphatic heterocycles. The van der Waals surface area contributed by atoms with Crippen LogP contribution in [0.25, 0.3) is 0 Å². The molecule has 0 saturated carbocycles. The van der Waals surface area contributed by atoms with E-state index in [2.05, 4.69) is 42.2 Å². The Kier molecular flexibility index (Phi) is 3.79. The lowest BCUT2D eigenvalue weighted by molar-refractivity contribution is 0.0573. The van der Waals surface area contributed by atoms with Gasteiger partial charge in [0.05, 0.1) is 11.1 Å². The number of imide groups is 1. The van der Waals surface area contributed by atoms with Crippen LogP contribution in [0.1, 0.15) is 43.6 Å². The molecule has 0 aromatic heterocycles. The number of rotatable bonds is 2. The van der Waals surface area contributed by atoms with Crippen LogP contribution in [0.2, 0.25) is 0 Å². The maximum absolute atomic E-state index is 13.2. The minimum atomic E-state index is -0.444. The molecule has 138 valence electrons. The van der Waals surface area contributed by atoms with E-state index in [1.165, 1.54) is 16.0 Å². The van der Waals surface area contributed by atoms with Crippen molar-refractivity contribution in [3.05, 3.63) is 101 Å². The first-order valence-electron chi connectivity index (χ1n) is 9.53. The Morgan fingerprint density at radius 2 is 1.39 bits per heavy atom. The van der Waals surface area contributed by atoms with Gasteiger partial charge in [-0.05, 0) is 48.7 Å². The SMILES string of the molecule is Cc1ccc(N2CCc3ccccc3C2N2C(=O)c3ccccc3C2=O)cc1. The van der Waals surface area contributed by atoms with Crippen LogP contribution < -0.4 is 4.90 Å². The van der Waals surface area contributed by atoms with Crippen LogP contribution in [0.4, 0.5) is 5.69 Å². The predicted octanol–water partition coefficient (Wildman–Crippen LogP) is 4.35. The third-order valence-electron chi connectivity index (χ3n) is 5.69. The molecule has 1 atom stereocenters. The Morgan fingerprint density at radius 3 is 2.07 bits per heavy atom. The molecule has 3 aromatic carbocycles. The summed E-state index contributed by atoms with van der Waals surface area (Å²) < 4.78 is 0. The predicted molar refractivity (Wildman–Crippen MR) is 108 cm³/mol. The summed E-state index contributed by atoms with van der Waals surface area (Å²) in [4.78, 5) is 30.1. The fraction of sp³-hybridized carbons (Fsp3) is 0.167. The molecule has 0 saturated heterocycles. The van der Waals surface area contributed by atoms with Crippen molar-refractivity contribution in [1.82, 2.24) is 4.90 Å². The van der Waals surface area contributed by atoms with Crippen LogP contribution in [0.15, 0.2) is 72.8 Å². The van der Waals surface area contributed by atoms with E-state index >= 15 is 0 Å². The van der Waals surface area contributed by atoms with E-state index in [1.807, 2.05) is 18.2 Å². The fourth-order valence-corrected chi connectivity index (χ4v) is 4.26. The Labute approximate surface area is 164 Å². The average molecular weight is 368 g/mol. The second-order valence-corrected chi connectivity index (χ2v) is 7.38. The topological polar surface area (TPSA) is 40.6 Å². The van der Waals surface area contributed by atoms with E-state index in [4.69, 9.17) is 0 Å². The zero-order valence-corrected chi connectivity index (χ0v) is 15.6. The third kappa shape index (κ3) is 2.45. The van der Waals surface area contributed by atoms with Crippen LogP contribution in [0, 0.1) is 6.92 Å². The van der Waals surface area contributed by atoms with Crippen molar-refractivity contribution in [3.8, 4) is 0 Å². The molecule has 5 rings (SSSR count). The first-order valence-corrected chi connectivity index (χ1v) is 9.53. The summed E-state index contributed by atoms with van der Waals surface area (Å²) in [7, 11) is 0. The van der Waals surface area contributed by atoms with Crippen molar-refractivity contribution in [2.45, 2.75) is 19.5 Å². The molecular formula is C24H20N2O2. The largest absolute Gasteiger partial charge is 0.347 e. The minimum Gasteiger partial charge on any atom is -0.347 e. The highest BCUT2D eigenvalue weighted by Gasteiger charge is 2.44. The van der Waals surface area contributed by atoms with Gasteiger partial charge in [0.15, 0.2) is 0 Å². The smallest absolute Gasteiger partial charge is 0.263 e. The van der Waals surface area contributed by atoms with Crippen LogP contribution >= 0.6 is 0 Å². The lowest BCUT2D eigenvalue weighted by Crippen LogP contribution is -2.48. The van der Waals surface area contributed by atoms with E-state index in [1.54, 1.807) is 24.3 Å². The van der Waals surface area contributed by atoms with E-state index < -0.39 is 6.17 Å². The van der Waals surface area contributed by atoms with Gasteiger partial charge in [0.25, 0.3) is 11.8 Å². The highest BCUT2D eigenvalue weighted by Crippen LogP contribution is 2.40. The number of amides is 2. The summed E-state index contributed by atoms with van der Waals surface area (Å²) in [6.07, 6.45) is 0.434. The fourth-order valence-electron chi connectivity index (χ4n) is 4.26. The Morgan fingerprint density at radius 1 is 0.786 bits per heavy atom. The summed E-state index contributed by atoms with van der Waals surface area (Å²) in [5, 5.41) is 0. The molecule has 0 spiro atoms. The Hall–Kier alpha value is -3.40. The van der Waals surface area contributed by atoms with Gasteiger partial charge in [-0.3, -0.25) is 9.59 Å². The van der Waals surface area contributed by atoms with Gasteiger partial charge >= 0.3 is 0 Å². The molecule has 0 bridgehead atoms. The highest BCUT2D eigenvalue weighted by atomic mass is 16.2. The molecule has 4 heteroatoms. The molecular weight excluding hydrogens is 348 g/mol. The van der Waals surface area contributed by atoms with Crippen molar-refractivity contribution in [1.29, 1.82) is 0 Å². The number of nitrogens with zero attached hydrogens (tertiary/aromatic N) is 2. The number of anilines is 1. The number of hydrogen-bond acceptors (Lipinski definition) is 3. The Bertz CT molecular complexity index is 1050. The minimum absolute atomic E-state index is 0.223. The van der Waals surface area contributed by atoms with Crippen molar-refractivity contribution in [2.24, 2.45) is 0 Å². The van der Waals surface area contributed by atoms with Gasteiger partial charge in [-0.15, -0.1) is 0 Å². The molecule has 2 heterocycles. The van der Waals surface area contributed by atoms with Crippen LogP contribution in [-0.4, -0.2) is 23.3 Å². The average Bonchev–Trinajstić information content (AvgIpc) is 2.98. The van der Waals surface area contributed by atoms with Gasteiger partial charge in [0.2, 0.25) is 0 Å². The van der Waals surface area contributed by atoms with Gasteiger partial charge in [0, 0.05) is 12.2 Å². The van der Waals surface area contributed by atoms with E-state index in [9.17, 15) is 9.59 Å². The van der Waals surface area contributed by atoms with Crippen LogP contribution in [0.3, 0.4) is 0 Å². The Balaban J connectivity index is 1.66. The van der Waals surface area contributed by atoms with E-state index in [0.29, 0.717) is 11.1 Å². The summed E-state index contributed by atoms with van der Waals surface area (Å²) in [6, 6.07) is 23.5. The maximum atomic E-state index is 13.2. The molecule has 2 aliphatic rings. The highest BCUT2D eigenvalue weighted by molar-refractivity contribution is 6.21. The number of carbonyl (C=O) groups excluding carboxylic acids is 2. The number of benzene rings is 3. The van der Waals surface area contributed by atoms with E-state index in [-0.39, 0.29) is 11.8 Å². The summed E-state index contributed by atoms with van der Waals surface area (Å²) in [6.45, 7) is 2.80. The third-order valence-corrected chi connectivity index (χ3v) is 5.69. The number of carbonyl (C=O) groups is 2.